The lowest BCUT2D eigenvalue weighted by Gasteiger charge is -2.31. The van der Waals surface area contributed by atoms with Crippen LogP contribution in [0.5, 0.6) is 0 Å². The normalized spacial score (nSPS) is 17.9. The standard InChI is InChI=1S/C22H27FN2O/c1-16-7-6-12-25(14-16)15-19-9-4-3-8-18(19)13-24-21-11-5-10-20(23)22(21)17(2)26/h3-5,8-11,16,24H,6-7,12-15H2,1-2H3. The van der Waals surface area contributed by atoms with Gasteiger partial charge in [0.25, 0.3) is 0 Å². The highest BCUT2D eigenvalue weighted by Gasteiger charge is 2.18. The molecular formula is C22H27FN2O. The van der Waals surface area contributed by atoms with Crippen LogP contribution in [-0.2, 0) is 13.1 Å². The quantitative estimate of drug-likeness (QED) is 0.751. The Hall–Kier alpha value is -2.20. The van der Waals surface area contributed by atoms with Crippen molar-refractivity contribution in [1.82, 2.24) is 4.90 Å². The van der Waals surface area contributed by atoms with Crippen LogP contribution in [0.4, 0.5) is 10.1 Å². The third-order valence-corrected chi connectivity index (χ3v) is 5.09. The molecule has 0 radical (unpaired) electrons. The van der Waals surface area contributed by atoms with Crippen LogP contribution in [0.3, 0.4) is 0 Å². The van der Waals surface area contributed by atoms with E-state index in [2.05, 4.69) is 35.3 Å². The van der Waals surface area contributed by atoms with Crippen molar-refractivity contribution in [2.45, 2.75) is 39.8 Å². The summed E-state index contributed by atoms with van der Waals surface area (Å²) in [5, 5.41) is 3.26. The molecule has 1 aliphatic rings. The lowest BCUT2D eigenvalue weighted by atomic mass is 9.99. The largest absolute Gasteiger partial charge is 0.380 e. The molecule has 1 fully saturated rings. The van der Waals surface area contributed by atoms with Gasteiger partial charge in [-0.3, -0.25) is 9.69 Å². The number of benzene rings is 2. The van der Waals surface area contributed by atoms with Gasteiger partial charge in [0.05, 0.1) is 5.56 Å². The molecule has 1 saturated heterocycles. The van der Waals surface area contributed by atoms with E-state index in [0.717, 1.165) is 25.6 Å². The summed E-state index contributed by atoms with van der Waals surface area (Å²) in [6.45, 7) is 7.50. The number of carbonyl (C=O) groups excluding carboxylic acids is 1. The van der Waals surface area contributed by atoms with Crippen LogP contribution in [0.1, 0.15) is 48.2 Å². The van der Waals surface area contributed by atoms with E-state index < -0.39 is 5.82 Å². The summed E-state index contributed by atoms with van der Waals surface area (Å²) >= 11 is 0. The number of hydrogen-bond acceptors (Lipinski definition) is 3. The van der Waals surface area contributed by atoms with Crippen LogP contribution in [-0.4, -0.2) is 23.8 Å². The summed E-state index contributed by atoms with van der Waals surface area (Å²) in [6, 6.07) is 13.1. The zero-order valence-corrected chi connectivity index (χ0v) is 15.6. The van der Waals surface area contributed by atoms with Gasteiger partial charge in [-0.25, -0.2) is 4.39 Å². The smallest absolute Gasteiger partial charge is 0.164 e. The third kappa shape index (κ3) is 4.50. The van der Waals surface area contributed by atoms with Gasteiger partial charge in [0, 0.05) is 25.3 Å². The highest BCUT2D eigenvalue weighted by molar-refractivity contribution is 5.99. The lowest BCUT2D eigenvalue weighted by molar-refractivity contribution is 0.101. The van der Waals surface area contributed by atoms with E-state index in [1.54, 1.807) is 12.1 Å². The van der Waals surface area contributed by atoms with Crippen LogP contribution < -0.4 is 5.32 Å². The Bertz CT molecular complexity index is 774. The van der Waals surface area contributed by atoms with E-state index in [0.29, 0.717) is 12.2 Å². The topological polar surface area (TPSA) is 32.3 Å². The molecule has 0 spiro atoms. The van der Waals surface area contributed by atoms with E-state index in [9.17, 15) is 9.18 Å². The molecule has 2 aromatic rings. The highest BCUT2D eigenvalue weighted by atomic mass is 19.1. The SMILES string of the molecule is CC(=O)c1c(F)cccc1NCc1ccccc1CN1CCCC(C)C1. The summed E-state index contributed by atoms with van der Waals surface area (Å²) in [5.74, 6) is 0.0127. The first-order valence-electron chi connectivity index (χ1n) is 9.37. The predicted molar refractivity (Wildman–Crippen MR) is 104 cm³/mol. The fourth-order valence-electron chi connectivity index (χ4n) is 3.78. The molecule has 0 amide bonds. The van der Waals surface area contributed by atoms with E-state index >= 15 is 0 Å². The second-order valence-corrected chi connectivity index (χ2v) is 7.32. The van der Waals surface area contributed by atoms with Crippen molar-refractivity contribution in [3.63, 3.8) is 0 Å². The molecule has 1 aliphatic heterocycles. The number of rotatable bonds is 6. The number of ketones is 1. The van der Waals surface area contributed by atoms with Gasteiger partial charge in [0.15, 0.2) is 5.78 Å². The second kappa shape index (κ2) is 8.45. The Morgan fingerprint density at radius 1 is 1.19 bits per heavy atom. The molecule has 0 aliphatic carbocycles. The van der Waals surface area contributed by atoms with Gasteiger partial charge < -0.3 is 5.32 Å². The van der Waals surface area contributed by atoms with E-state index in [1.807, 2.05) is 6.07 Å². The van der Waals surface area contributed by atoms with Crippen LogP contribution >= 0.6 is 0 Å². The number of halogens is 1. The minimum atomic E-state index is -0.474. The number of piperidine rings is 1. The minimum absolute atomic E-state index is 0.134. The summed E-state index contributed by atoms with van der Waals surface area (Å²) in [5.41, 5.74) is 3.16. The average molecular weight is 354 g/mol. The first-order chi connectivity index (χ1) is 12.5. The number of carbonyl (C=O) groups is 1. The van der Waals surface area contributed by atoms with Crippen LogP contribution in [0.15, 0.2) is 42.5 Å². The fraction of sp³-hybridized carbons (Fsp3) is 0.409. The zero-order chi connectivity index (χ0) is 18.5. The molecular weight excluding hydrogens is 327 g/mol. The van der Waals surface area contributed by atoms with Gasteiger partial charge in [-0.05, 0) is 55.5 Å². The Labute approximate surface area is 155 Å². The average Bonchev–Trinajstić information content (AvgIpc) is 2.60. The van der Waals surface area contributed by atoms with Crippen LogP contribution in [0.25, 0.3) is 0 Å². The van der Waals surface area contributed by atoms with Crippen molar-refractivity contribution in [1.29, 1.82) is 0 Å². The number of likely N-dealkylation sites (tertiary alicyclic amines) is 1. The number of anilines is 1. The number of Topliss-reactive ketones (excluding diaryl/α,β-unsaturated/α-hetero) is 1. The third-order valence-electron chi connectivity index (χ3n) is 5.09. The zero-order valence-electron chi connectivity index (χ0n) is 15.6. The van der Waals surface area contributed by atoms with Gasteiger partial charge in [-0.15, -0.1) is 0 Å². The van der Waals surface area contributed by atoms with Crippen LogP contribution in [0, 0.1) is 11.7 Å². The van der Waals surface area contributed by atoms with E-state index in [1.165, 1.54) is 37.0 Å². The molecule has 1 atom stereocenters. The van der Waals surface area contributed by atoms with E-state index in [4.69, 9.17) is 0 Å². The minimum Gasteiger partial charge on any atom is -0.380 e. The number of nitrogens with one attached hydrogen (secondary N) is 1. The van der Waals surface area contributed by atoms with Gasteiger partial charge in [-0.1, -0.05) is 37.3 Å². The van der Waals surface area contributed by atoms with Gasteiger partial charge in [-0.2, -0.15) is 0 Å². The number of nitrogens with zero attached hydrogens (tertiary/aromatic N) is 1. The maximum absolute atomic E-state index is 14.0. The van der Waals surface area contributed by atoms with Crippen molar-refractivity contribution in [3.8, 4) is 0 Å². The van der Waals surface area contributed by atoms with Crippen molar-refractivity contribution in [3.05, 3.63) is 65.0 Å². The second-order valence-electron chi connectivity index (χ2n) is 7.32. The molecule has 1 unspecified atom stereocenters. The molecule has 0 bridgehead atoms. The van der Waals surface area contributed by atoms with E-state index in [-0.39, 0.29) is 11.3 Å². The molecule has 138 valence electrons. The first kappa shape index (κ1) is 18.6. The summed E-state index contributed by atoms with van der Waals surface area (Å²) < 4.78 is 14.0. The van der Waals surface area contributed by atoms with Gasteiger partial charge >= 0.3 is 0 Å². The summed E-state index contributed by atoms with van der Waals surface area (Å²) in [6.07, 6.45) is 2.57. The summed E-state index contributed by atoms with van der Waals surface area (Å²) in [4.78, 5) is 14.3. The molecule has 1 N–H and O–H groups in total. The lowest BCUT2D eigenvalue weighted by Crippen LogP contribution is -2.34. The Kier molecular flexibility index (Phi) is 6.04. The highest BCUT2D eigenvalue weighted by Crippen LogP contribution is 2.23. The van der Waals surface area contributed by atoms with Gasteiger partial charge in [0.1, 0.15) is 5.82 Å². The first-order valence-corrected chi connectivity index (χ1v) is 9.37. The molecule has 2 aromatic carbocycles. The van der Waals surface area contributed by atoms with Gasteiger partial charge in [0.2, 0.25) is 0 Å². The van der Waals surface area contributed by atoms with Crippen molar-refractivity contribution >= 4 is 11.5 Å². The maximum Gasteiger partial charge on any atom is 0.164 e. The molecule has 0 aromatic heterocycles. The summed E-state index contributed by atoms with van der Waals surface area (Å²) in [7, 11) is 0. The molecule has 3 nitrogen and oxygen atoms in total. The number of hydrogen-bond donors (Lipinski definition) is 1. The Balaban J connectivity index is 1.73. The fourth-order valence-corrected chi connectivity index (χ4v) is 3.78. The van der Waals surface area contributed by atoms with Crippen molar-refractivity contribution in [2.24, 2.45) is 5.92 Å². The molecule has 0 saturated carbocycles. The monoisotopic (exact) mass is 354 g/mol. The predicted octanol–water partition coefficient (Wildman–Crippen LogP) is 4.87. The Morgan fingerprint density at radius 3 is 2.69 bits per heavy atom. The molecule has 26 heavy (non-hydrogen) atoms. The van der Waals surface area contributed by atoms with Crippen LogP contribution in [0.2, 0.25) is 0 Å². The molecule has 3 rings (SSSR count). The Morgan fingerprint density at radius 2 is 1.96 bits per heavy atom. The van der Waals surface area contributed by atoms with Crippen molar-refractivity contribution in [2.75, 3.05) is 18.4 Å². The maximum atomic E-state index is 14.0. The molecule has 4 heteroatoms. The molecule has 1 heterocycles. The van der Waals surface area contributed by atoms with Crippen molar-refractivity contribution < 1.29 is 9.18 Å².